The molecule has 0 aromatic heterocycles. The second-order valence-corrected chi connectivity index (χ2v) is 7.85. The predicted molar refractivity (Wildman–Crippen MR) is 92.2 cm³/mol. The lowest BCUT2D eigenvalue weighted by Crippen LogP contribution is -2.17. The SMILES string of the molecule is Cc1ccc(NS(=O)(=O)c2cc(C(=O)O)cc3c2CCC3)c(C)c1. The van der Waals surface area contributed by atoms with E-state index in [0.717, 1.165) is 28.7 Å². The number of sulfonamides is 1. The van der Waals surface area contributed by atoms with Crippen LogP contribution in [0.25, 0.3) is 0 Å². The predicted octanol–water partition coefficient (Wildman–Crippen LogP) is 3.29. The Balaban J connectivity index is 2.08. The third-order valence-electron chi connectivity index (χ3n) is 4.34. The summed E-state index contributed by atoms with van der Waals surface area (Å²) in [7, 11) is -3.84. The van der Waals surface area contributed by atoms with Gasteiger partial charge in [0.1, 0.15) is 0 Å². The molecular weight excluding hydrogens is 326 g/mol. The van der Waals surface area contributed by atoms with Gasteiger partial charge in [-0.1, -0.05) is 17.7 Å². The summed E-state index contributed by atoms with van der Waals surface area (Å²) in [5.74, 6) is -1.12. The van der Waals surface area contributed by atoms with Crippen LogP contribution in [0.4, 0.5) is 5.69 Å². The van der Waals surface area contributed by atoms with Crippen molar-refractivity contribution >= 4 is 21.7 Å². The summed E-state index contributed by atoms with van der Waals surface area (Å²) in [4.78, 5) is 11.4. The highest BCUT2D eigenvalue weighted by molar-refractivity contribution is 7.92. The number of benzene rings is 2. The zero-order valence-corrected chi connectivity index (χ0v) is 14.4. The van der Waals surface area contributed by atoms with E-state index in [1.54, 1.807) is 12.1 Å². The van der Waals surface area contributed by atoms with Gasteiger partial charge < -0.3 is 5.11 Å². The monoisotopic (exact) mass is 345 g/mol. The van der Waals surface area contributed by atoms with Gasteiger partial charge >= 0.3 is 5.97 Å². The van der Waals surface area contributed by atoms with Gasteiger partial charge in [0.15, 0.2) is 0 Å². The van der Waals surface area contributed by atoms with Crippen molar-refractivity contribution in [1.82, 2.24) is 0 Å². The Morgan fingerprint density at radius 2 is 1.88 bits per heavy atom. The molecule has 5 nitrogen and oxygen atoms in total. The van der Waals surface area contributed by atoms with Gasteiger partial charge in [-0.25, -0.2) is 13.2 Å². The second-order valence-electron chi connectivity index (χ2n) is 6.19. The molecule has 0 fully saturated rings. The molecule has 0 amide bonds. The van der Waals surface area contributed by atoms with E-state index in [1.165, 1.54) is 6.07 Å². The summed E-state index contributed by atoms with van der Waals surface area (Å²) in [5, 5.41) is 9.26. The van der Waals surface area contributed by atoms with Crippen LogP contribution in [0.5, 0.6) is 0 Å². The van der Waals surface area contributed by atoms with Gasteiger partial charge in [0.2, 0.25) is 0 Å². The summed E-state index contributed by atoms with van der Waals surface area (Å²) >= 11 is 0. The number of anilines is 1. The Labute approximate surface area is 141 Å². The first-order valence-electron chi connectivity index (χ1n) is 7.77. The van der Waals surface area contributed by atoms with Gasteiger partial charge in [-0.3, -0.25) is 4.72 Å². The molecule has 126 valence electrons. The molecule has 0 bridgehead atoms. The molecule has 0 heterocycles. The van der Waals surface area contributed by atoms with Crippen LogP contribution < -0.4 is 4.72 Å². The first-order chi connectivity index (χ1) is 11.3. The lowest BCUT2D eigenvalue weighted by molar-refractivity contribution is 0.0696. The average molecular weight is 345 g/mol. The number of carboxylic acid groups (broad SMARTS) is 1. The van der Waals surface area contributed by atoms with Gasteiger partial charge in [-0.2, -0.15) is 0 Å². The molecule has 0 atom stereocenters. The highest BCUT2D eigenvalue weighted by atomic mass is 32.2. The molecule has 2 aromatic rings. The minimum atomic E-state index is -3.84. The minimum absolute atomic E-state index is 0.0108. The molecule has 3 rings (SSSR count). The second kappa shape index (κ2) is 5.94. The zero-order chi connectivity index (χ0) is 17.5. The molecular formula is C18H19NO4S. The average Bonchev–Trinajstić information content (AvgIpc) is 2.97. The van der Waals surface area contributed by atoms with Crippen LogP contribution in [0, 0.1) is 13.8 Å². The maximum Gasteiger partial charge on any atom is 0.335 e. The molecule has 0 saturated heterocycles. The Kier molecular flexibility index (Phi) is 4.09. The van der Waals surface area contributed by atoms with Crippen LogP contribution in [-0.2, 0) is 22.9 Å². The summed E-state index contributed by atoms with van der Waals surface area (Å²) in [5.41, 5.74) is 3.94. The number of carboxylic acids is 1. The fraction of sp³-hybridized carbons (Fsp3) is 0.278. The standard InChI is InChI=1S/C18H19NO4S/c1-11-6-7-16(12(2)8-11)19-24(22,23)17-10-14(18(20)21)9-13-4-3-5-15(13)17/h6-10,19H,3-5H2,1-2H3,(H,20,21). The number of hydrogen-bond acceptors (Lipinski definition) is 3. The normalized spacial score (nSPS) is 13.6. The van der Waals surface area contributed by atoms with Crippen molar-refractivity contribution in [3.05, 3.63) is 58.1 Å². The molecule has 2 N–H and O–H groups in total. The van der Waals surface area contributed by atoms with Crippen molar-refractivity contribution in [3.8, 4) is 0 Å². The van der Waals surface area contributed by atoms with Gasteiger partial charge in [-0.05, 0) is 68.0 Å². The van der Waals surface area contributed by atoms with Crippen molar-refractivity contribution in [2.75, 3.05) is 4.72 Å². The third kappa shape index (κ3) is 3.01. The third-order valence-corrected chi connectivity index (χ3v) is 5.77. The van der Waals surface area contributed by atoms with Gasteiger partial charge in [0.05, 0.1) is 16.1 Å². The van der Waals surface area contributed by atoms with Crippen molar-refractivity contribution in [1.29, 1.82) is 0 Å². The van der Waals surface area contributed by atoms with Crippen molar-refractivity contribution in [2.24, 2.45) is 0 Å². The topological polar surface area (TPSA) is 83.5 Å². The lowest BCUT2D eigenvalue weighted by Gasteiger charge is -2.15. The maximum absolute atomic E-state index is 12.9. The number of nitrogens with one attached hydrogen (secondary N) is 1. The van der Waals surface area contributed by atoms with E-state index in [9.17, 15) is 18.3 Å². The van der Waals surface area contributed by atoms with Crippen LogP contribution in [0.15, 0.2) is 35.2 Å². The molecule has 1 aliphatic carbocycles. The molecule has 0 saturated carbocycles. The van der Waals surface area contributed by atoms with E-state index in [4.69, 9.17) is 0 Å². The molecule has 6 heteroatoms. The van der Waals surface area contributed by atoms with Gasteiger partial charge in [0.25, 0.3) is 10.0 Å². The number of hydrogen-bond donors (Lipinski definition) is 2. The summed E-state index contributed by atoms with van der Waals surface area (Å²) in [6.07, 6.45) is 2.20. The smallest absolute Gasteiger partial charge is 0.335 e. The molecule has 24 heavy (non-hydrogen) atoms. The van der Waals surface area contributed by atoms with Gasteiger partial charge in [-0.15, -0.1) is 0 Å². The van der Waals surface area contributed by atoms with E-state index < -0.39 is 16.0 Å². The highest BCUT2D eigenvalue weighted by Crippen LogP contribution is 2.31. The highest BCUT2D eigenvalue weighted by Gasteiger charge is 2.26. The number of carbonyl (C=O) groups is 1. The molecule has 2 aromatic carbocycles. The van der Waals surface area contributed by atoms with E-state index in [0.29, 0.717) is 18.5 Å². The van der Waals surface area contributed by atoms with Crippen molar-refractivity contribution in [3.63, 3.8) is 0 Å². The number of aromatic carboxylic acids is 1. The molecule has 0 spiro atoms. The van der Waals surface area contributed by atoms with Crippen molar-refractivity contribution < 1.29 is 18.3 Å². The minimum Gasteiger partial charge on any atom is -0.478 e. The van der Waals surface area contributed by atoms with Crippen molar-refractivity contribution in [2.45, 2.75) is 38.0 Å². The first-order valence-corrected chi connectivity index (χ1v) is 9.25. The Morgan fingerprint density at radius 1 is 1.12 bits per heavy atom. The zero-order valence-electron chi connectivity index (χ0n) is 13.6. The van der Waals surface area contributed by atoms with E-state index in [2.05, 4.69) is 4.72 Å². The Bertz CT molecular complexity index is 932. The van der Waals surface area contributed by atoms with E-state index >= 15 is 0 Å². The number of aryl methyl sites for hydroxylation is 3. The van der Waals surface area contributed by atoms with Crippen LogP contribution in [0.2, 0.25) is 0 Å². The van der Waals surface area contributed by atoms with E-state index in [-0.39, 0.29) is 10.5 Å². The number of fused-ring (bicyclic) bond motifs is 1. The molecule has 0 aliphatic heterocycles. The molecule has 0 unspecified atom stereocenters. The fourth-order valence-electron chi connectivity index (χ4n) is 3.16. The molecule has 1 aliphatic rings. The maximum atomic E-state index is 12.9. The first kappa shape index (κ1) is 16.5. The quantitative estimate of drug-likeness (QED) is 0.890. The lowest BCUT2D eigenvalue weighted by atomic mass is 10.1. The summed E-state index contributed by atoms with van der Waals surface area (Å²) in [6.45, 7) is 3.78. The van der Waals surface area contributed by atoms with Crippen LogP contribution in [0.3, 0.4) is 0 Å². The summed E-state index contributed by atoms with van der Waals surface area (Å²) < 4.78 is 28.3. The van der Waals surface area contributed by atoms with Gasteiger partial charge in [0, 0.05) is 0 Å². The summed E-state index contributed by atoms with van der Waals surface area (Å²) in [6, 6.07) is 8.31. The fourth-order valence-corrected chi connectivity index (χ4v) is 4.62. The number of rotatable bonds is 4. The Morgan fingerprint density at radius 3 is 2.54 bits per heavy atom. The van der Waals surface area contributed by atoms with Crippen LogP contribution in [0.1, 0.15) is 39.0 Å². The molecule has 0 radical (unpaired) electrons. The Hall–Kier alpha value is -2.34. The van der Waals surface area contributed by atoms with E-state index in [1.807, 2.05) is 26.0 Å². The van der Waals surface area contributed by atoms with Crippen LogP contribution in [-0.4, -0.2) is 19.5 Å². The van der Waals surface area contributed by atoms with Crippen LogP contribution >= 0.6 is 0 Å². The largest absolute Gasteiger partial charge is 0.478 e.